The molecule has 0 saturated heterocycles. The van der Waals surface area contributed by atoms with Crippen molar-refractivity contribution >= 4 is 27.5 Å². The summed E-state index contributed by atoms with van der Waals surface area (Å²) < 4.78 is 6.28. The monoisotopic (exact) mass is 362 g/mol. The summed E-state index contributed by atoms with van der Waals surface area (Å²) in [7, 11) is 1.56. The molecule has 1 aromatic heterocycles. The summed E-state index contributed by atoms with van der Waals surface area (Å²) in [5, 5.41) is 0. The Hall–Kier alpha value is -1.72. The molecule has 4 nitrogen and oxygen atoms in total. The number of pyridine rings is 1. The number of anilines is 1. The van der Waals surface area contributed by atoms with Gasteiger partial charge in [-0.25, -0.2) is 0 Å². The maximum absolute atomic E-state index is 12.8. The Morgan fingerprint density at radius 2 is 2.00 bits per heavy atom. The van der Waals surface area contributed by atoms with E-state index in [4.69, 9.17) is 4.74 Å². The summed E-state index contributed by atoms with van der Waals surface area (Å²) in [6.07, 6.45) is 1.91. The van der Waals surface area contributed by atoms with Gasteiger partial charge in [0, 0.05) is 23.5 Å². The number of benzene rings is 1. The number of carbonyl (C=O) groups excluding carboxylic acids is 1. The zero-order valence-corrected chi connectivity index (χ0v) is 14.3. The molecule has 1 amide bonds. The lowest BCUT2D eigenvalue weighted by molar-refractivity contribution is -0.128. The predicted molar refractivity (Wildman–Crippen MR) is 90.7 cm³/mol. The second-order valence-corrected chi connectivity index (χ2v) is 5.77. The van der Waals surface area contributed by atoms with Crippen LogP contribution in [0.1, 0.15) is 19.0 Å². The molecule has 0 aliphatic heterocycles. The van der Waals surface area contributed by atoms with Crippen LogP contribution in [0.2, 0.25) is 0 Å². The van der Waals surface area contributed by atoms with E-state index in [1.165, 1.54) is 0 Å². The highest BCUT2D eigenvalue weighted by molar-refractivity contribution is 9.10. The number of hydrogen-bond donors (Lipinski definition) is 0. The van der Waals surface area contributed by atoms with Crippen LogP contribution in [-0.2, 0) is 16.1 Å². The highest BCUT2D eigenvalue weighted by atomic mass is 79.9. The molecule has 5 heteroatoms. The quantitative estimate of drug-likeness (QED) is 0.784. The molecule has 0 N–H and O–H groups in total. The average Bonchev–Trinajstić information content (AvgIpc) is 2.55. The van der Waals surface area contributed by atoms with E-state index >= 15 is 0 Å². The highest BCUT2D eigenvalue weighted by Crippen LogP contribution is 2.22. The van der Waals surface area contributed by atoms with E-state index in [9.17, 15) is 4.79 Å². The standard InChI is InChI=1S/C17H19BrN2O2/c1-3-16(22-2)17(21)20(12-14-6-4-5-11-19-14)15-9-7-13(18)8-10-15/h4-11,16H,3,12H2,1-2H3. The number of amides is 1. The fourth-order valence-corrected chi connectivity index (χ4v) is 2.45. The molecule has 1 unspecified atom stereocenters. The van der Waals surface area contributed by atoms with Gasteiger partial charge in [-0.15, -0.1) is 0 Å². The Labute approximate surface area is 139 Å². The Kier molecular flexibility index (Phi) is 6.10. The van der Waals surface area contributed by atoms with Gasteiger partial charge >= 0.3 is 0 Å². The second kappa shape index (κ2) is 8.06. The van der Waals surface area contributed by atoms with Crippen molar-refractivity contribution < 1.29 is 9.53 Å². The van der Waals surface area contributed by atoms with Crippen LogP contribution < -0.4 is 4.90 Å². The van der Waals surface area contributed by atoms with Crippen molar-refractivity contribution in [3.05, 3.63) is 58.8 Å². The molecule has 0 aliphatic carbocycles. The molecule has 116 valence electrons. The van der Waals surface area contributed by atoms with Crippen molar-refractivity contribution in [3.8, 4) is 0 Å². The minimum atomic E-state index is -0.452. The fraction of sp³-hybridized carbons (Fsp3) is 0.294. The lowest BCUT2D eigenvalue weighted by Crippen LogP contribution is -2.39. The molecule has 22 heavy (non-hydrogen) atoms. The third-order valence-electron chi connectivity index (χ3n) is 3.38. The first-order valence-corrected chi connectivity index (χ1v) is 7.94. The number of nitrogens with zero attached hydrogens (tertiary/aromatic N) is 2. The third-order valence-corrected chi connectivity index (χ3v) is 3.91. The first-order valence-electron chi connectivity index (χ1n) is 7.15. The summed E-state index contributed by atoms with van der Waals surface area (Å²) in [4.78, 5) is 18.8. The van der Waals surface area contributed by atoms with Gasteiger partial charge in [0.1, 0.15) is 6.10 Å². The van der Waals surface area contributed by atoms with Crippen molar-refractivity contribution in [1.29, 1.82) is 0 Å². The van der Waals surface area contributed by atoms with Crippen molar-refractivity contribution in [2.24, 2.45) is 0 Å². The van der Waals surface area contributed by atoms with Gasteiger partial charge in [0.05, 0.1) is 12.2 Å². The summed E-state index contributed by atoms with van der Waals surface area (Å²) >= 11 is 3.41. The Bertz CT molecular complexity index is 598. The summed E-state index contributed by atoms with van der Waals surface area (Å²) in [6, 6.07) is 13.3. The lowest BCUT2D eigenvalue weighted by atomic mass is 10.2. The third kappa shape index (κ3) is 4.15. The van der Waals surface area contributed by atoms with E-state index in [2.05, 4.69) is 20.9 Å². The Morgan fingerprint density at radius 1 is 1.27 bits per heavy atom. The van der Waals surface area contributed by atoms with Crippen LogP contribution in [0.15, 0.2) is 53.1 Å². The second-order valence-electron chi connectivity index (χ2n) is 4.85. The molecule has 0 radical (unpaired) electrons. The first kappa shape index (κ1) is 16.6. The maximum atomic E-state index is 12.8. The minimum Gasteiger partial charge on any atom is -0.372 e. The molecule has 1 atom stereocenters. The molecule has 1 aromatic carbocycles. The first-order chi connectivity index (χ1) is 10.7. The lowest BCUT2D eigenvalue weighted by Gasteiger charge is -2.26. The molecular weight excluding hydrogens is 344 g/mol. The van der Waals surface area contributed by atoms with E-state index in [0.29, 0.717) is 13.0 Å². The Balaban J connectivity index is 2.31. The van der Waals surface area contributed by atoms with Gasteiger partial charge in [-0.1, -0.05) is 28.9 Å². The van der Waals surface area contributed by atoms with Crippen LogP contribution >= 0.6 is 15.9 Å². The number of aromatic nitrogens is 1. The van der Waals surface area contributed by atoms with Crippen LogP contribution in [0.4, 0.5) is 5.69 Å². The number of halogens is 1. The molecule has 2 rings (SSSR count). The van der Waals surface area contributed by atoms with Crippen LogP contribution in [0.5, 0.6) is 0 Å². The van der Waals surface area contributed by atoms with Crippen LogP contribution in [0.3, 0.4) is 0 Å². The molecule has 0 bridgehead atoms. The molecule has 2 aromatic rings. The van der Waals surface area contributed by atoms with Crippen molar-refractivity contribution in [2.45, 2.75) is 26.0 Å². The number of carbonyl (C=O) groups is 1. The molecular formula is C17H19BrN2O2. The van der Waals surface area contributed by atoms with Gasteiger partial charge in [0.15, 0.2) is 0 Å². The van der Waals surface area contributed by atoms with E-state index < -0.39 is 6.10 Å². The number of hydrogen-bond acceptors (Lipinski definition) is 3. The van der Waals surface area contributed by atoms with E-state index in [0.717, 1.165) is 15.9 Å². The largest absolute Gasteiger partial charge is 0.372 e. The topological polar surface area (TPSA) is 42.4 Å². The van der Waals surface area contributed by atoms with Gasteiger partial charge in [-0.05, 0) is 42.8 Å². The zero-order valence-electron chi connectivity index (χ0n) is 12.7. The number of methoxy groups -OCH3 is 1. The van der Waals surface area contributed by atoms with Gasteiger partial charge < -0.3 is 9.64 Å². The average molecular weight is 363 g/mol. The Morgan fingerprint density at radius 3 is 2.55 bits per heavy atom. The molecule has 0 fully saturated rings. The van der Waals surface area contributed by atoms with Crippen molar-refractivity contribution in [1.82, 2.24) is 4.98 Å². The van der Waals surface area contributed by atoms with Crippen molar-refractivity contribution in [3.63, 3.8) is 0 Å². The van der Waals surface area contributed by atoms with Gasteiger partial charge in [-0.2, -0.15) is 0 Å². The smallest absolute Gasteiger partial charge is 0.256 e. The van der Waals surface area contributed by atoms with Crippen LogP contribution in [-0.4, -0.2) is 24.1 Å². The van der Waals surface area contributed by atoms with Gasteiger partial charge in [0.25, 0.3) is 5.91 Å². The van der Waals surface area contributed by atoms with Crippen LogP contribution in [0.25, 0.3) is 0 Å². The zero-order chi connectivity index (χ0) is 15.9. The van der Waals surface area contributed by atoms with E-state index in [1.54, 1.807) is 18.2 Å². The summed E-state index contributed by atoms with van der Waals surface area (Å²) in [6.45, 7) is 2.35. The summed E-state index contributed by atoms with van der Waals surface area (Å²) in [5.41, 5.74) is 1.67. The SMILES string of the molecule is CCC(OC)C(=O)N(Cc1ccccn1)c1ccc(Br)cc1. The number of ether oxygens (including phenoxy) is 1. The highest BCUT2D eigenvalue weighted by Gasteiger charge is 2.24. The van der Waals surface area contributed by atoms with Crippen LogP contribution in [0, 0.1) is 0 Å². The minimum absolute atomic E-state index is 0.0574. The van der Waals surface area contributed by atoms with Gasteiger partial charge in [-0.3, -0.25) is 9.78 Å². The fourth-order valence-electron chi connectivity index (χ4n) is 2.19. The van der Waals surface area contributed by atoms with Crippen molar-refractivity contribution in [2.75, 3.05) is 12.0 Å². The molecule has 0 aliphatic rings. The normalized spacial score (nSPS) is 12.0. The molecule has 0 saturated carbocycles. The predicted octanol–water partition coefficient (Wildman–Crippen LogP) is 3.80. The van der Waals surface area contributed by atoms with Gasteiger partial charge in [0.2, 0.25) is 0 Å². The van der Waals surface area contributed by atoms with E-state index in [-0.39, 0.29) is 5.91 Å². The maximum Gasteiger partial charge on any atom is 0.256 e. The number of rotatable bonds is 6. The summed E-state index contributed by atoms with van der Waals surface area (Å²) in [5.74, 6) is -0.0574. The molecule has 0 spiro atoms. The molecule has 1 heterocycles. The van der Waals surface area contributed by atoms with E-state index in [1.807, 2.05) is 49.4 Å².